The summed E-state index contributed by atoms with van der Waals surface area (Å²) in [6, 6.07) is 12.8. The first kappa shape index (κ1) is 21.5. The van der Waals surface area contributed by atoms with E-state index in [0.29, 0.717) is 43.8 Å². The van der Waals surface area contributed by atoms with Gasteiger partial charge in [-0.15, -0.1) is 0 Å². The van der Waals surface area contributed by atoms with Crippen LogP contribution in [0.15, 0.2) is 53.2 Å². The van der Waals surface area contributed by atoms with Gasteiger partial charge >= 0.3 is 0 Å². The van der Waals surface area contributed by atoms with Crippen molar-refractivity contribution < 1.29 is 18.8 Å². The molecule has 3 aromatic rings. The first-order chi connectivity index (χ1) is 16.3. The van der Waals surface area contributed by atoms with Crippen molar-refractivity contribution in [3.8, 4) is 17.1 Å². The van der Waals surface area contributed by atoms with E-state index in [1.165, 1.54) is 0 Å². The Kier molecular flexibility index (Phi) is 6.56. The molecule has 2 saturated heterocycles. The highest BCUT2D eigenvalue weighted by Gasteiger charge is 2.35. The van der Waals surface area contributed by atoms with Crippen molar-refractivity contribution in [3.05, 3.63) is 54.6 Å². The summed E-state index contributed by atoms with van der Waals surface area (Å²) in [6.45, 7) is 4.87. The molecule has 10 heteroatoms. The number of morpholine rings is 1. The van der Waals surface area contributed by atoms with Gasteiger partial charge in [-0.3, -0.25) is 4.79 Å². The summed E-state index contributed by atoms with van der Waals surface area (Å²) in [5.41, 5.74) is 0.823. The fraction of sp³-hybridized carbons (Fsp3) is 0.391. The molecule has 2 unspecified atom stereocenters. The molecule has 1 aromatic carbocycles. The fourth-order valence-electron chi connectivity index (χ4n) is 4.08. The third-order valence-corrected chi connectivity index (χ3v) is 5.79. The van der Waals surface area contributed by atoms with Crippen LogP contribution in [0, 0.1) is 0 Å². The van der Waals surface area contributed by atoms with Gasteiger partial charge in [-0.05, 0) is 24.3 Å². The zero-order valence-electron chi connectivity index (χ0n) is 18.2. The molecule has 2 aliphatic heterocycles. The van der Waals surface area contributed by atoms with E-state index in [2.05, 4.69) is 25.3 Å². The van der Waals surface area contributed by atoms with E-state index < -0.39 is 6.23 Å². The lowest BCUT2D eigenvalue weighted by Crippen LogP contribution is -2.53. The third kappa shape index (κ3) is 4.87. The van der Waals surface area contributed by atoms with Gasteiger partial charge < -0.3 is 24.2 Å². The van der Waals surface area contributed by atoms with E-state index in [9.17, 15) is 4.79 Å². The van der Waals surface area contributed by atoms with Gasteiger partial charge in [-0.25, -0.2) is 9.88 Å². The Labute approximate surface area is 191 Å². The van der Waals surface area contributed by atoms with Gasteiger partial charge in [0.1, 0.15) is 17.6 Å². The van der Waals surface area contributed by atoms with Crippen LogP contribution in [0.3, 0.4) is 0 Å². The lowest BCUT2D eigenvalue weighted by atomic mass is 10.1. The second-order valence-electron chi connectivity index (χ2n) is 7.87. The SMILES string of the molecule is O=CC(Oc1ccccc1)N1CCNCC1c1nc(-c2ccnc(N3CCOCC3)c2)no1. The molecule has 0 spiro atoms. The van der Waals surface area contributed by atoms with Crippen molar-refractivity contribution in [1.82, 2.24) is 25.3 Å². The number of anilines is 1. The minimum atomic E-state index is -0.760. The summed E-state index contributed by atoms with van der Waals surface area (Å²) in [6.07, 6.45) is 1.80. The van der Waals surface area contributed by atoms with E-state index in [0.717, 1.165) is 37.3 Å². The highest BCUT2D eigenvalue weighted by molar-refractivity contribution is 5.60. The largest absolute Gasteiger partial charge is 0.468 e. The van der Waals surface area contributed by atoms with Crippen molar-refractivity contribution in [1.29, 1.82) is 0 Å². The molecular formula is C23H26N6O4. The van der Waals surface area contributed by atoms with Crippen molar-refractivity contribution in [2.45, 2.75) is 12.3 Å². The predicted octanol–water partition coefficient (Wildman–Crippen LogP) is 1.52. The number of aromatic nitrogens is 3. The number of carbonyl (C=O) groups excluding carboxylic acids is 1. The first-order valence-corrected chi connectivity index (χ1v) is 11.1. The molecule has 5 rings (SSSR count). The zero-order chi connectivity index (χ0) is 22.5. The molecule has 33 heavy (non-hydrogen) atoms. The number of pyridine rings is 1. The number of benzene rings is 1. The second kappa shape index (κ2) is 10.1. The van der Waals surface area contributed by atoms with Crippen LogP contribution in [0.25, 0.3) is 11.4 Å². The Morgan fingerprint density at radius 3 is 2.82 bits per heavy atom. The number of hydrogen-bond donors (Lipinski definition) is 1. The standard InChI is InChI=1S/C23H26N6O4/c30-16-21(32-18-4-2-1-3-5-18)29-9-8-24-15-19(29)23-26-22(27-33-23)17-6-7-25-20(14-17)28-10-12-31-13-11-28/h1-7,14,16,19,21,24H,8-13,15H2. The van der Waals surface area contributed by atoms with Crippen LogP contribution >= 0.6 is 0 Å². The topological polar surface area (TPSA) is 106 Å². The zero-order valence-corrected chi connectivity index (χ0v) is 18.2. The van der Waals surface area contributed by atoms with Crippen LogP contribution in [0.2, 0.25) is 0 Å². The molecule has 4 heterocycles. The van der Waals surface area contributed by atoms with Crippen LogP contribution in [-0.4, -0.2) is 78.5 Å². The number of carbonyl (C=O) groups is 1. The molecule has 2 fully saturated rings. The number of para-hydroxylation sites is 1. The van der Waals surface area contributed by atoms with E-state index in [1.54, 1.807) is 6.20 Å². The lowest BCUT2D eigenvalue weighted by molar-refractivity contribution is -0.125. The first-order valence-electron chi connectivity index (χ1n) is 11.1. The summed E-state index contributed by atoms with van der Waals surface area (Å²) in [7, 11) is 0. The number of aldehydes is 1. The van der Waals surface area contributed by atoms with E-state index >= 15 is 0 Å². The fourth-order valence-corrected chi connectivity index (χ4v) is 4.08. The number of nitrogens with zero attached hydrogens (tertiary/aromatic N) is 5. The Morgan fingerprint density at radius 1 is 1.15 bits per heavy atom. The van der Waals surface area contributed by atoms with Gasteiger partial charge in [-0.1, -0.05) is 23.4 Å². The van der Waals surface area contributed by atoms with Crippen molar-refractivity contribution in [3.63, 3.8) is 0 Å². The number of hydrogen-bond acceptors (Lipinski definition) is 10. The number of nitrogens with one attached hydrogen (secondary N) is 1. The molecule has 0 amide bonds. The molecule has 2 aromatic heterocycles. The number of rotatable bonds is 7. The molecular weight excluding hydrogens is 424 g/mol. The van der Waals surface area contributed by atoms with Gasteiger partial charge in [0, 0.05) is 44.5 Å². The molecule has 10 nitrogen and oxygen atoms in total. The Bertz CT molecular complexity index is 1060. The van der Waals surface area contributed by atoms with Gasteiger partial charge in [0.2, 0.25) is 17.9 Å². The summed E-state index contributed by atoms with van der Waals surface area (Å²) < 4.78 is 17.0. The average molecular weight is 450 g/mol. The quantitative estimate of drug-likeness (QED) is 0.533. The lowest BCUT2D eigenvalue weighted by Gasteiger charge is -2.36. The number of ether oxygens (including phenoxy) is 2. The Morgan fingerprint density at radius 2 is 2.00 bits per heavy atom. The molecule has 0 radical (unpaired) electrons. The third-order valence-electron chi connectivity index (χ3n) is 5.79. The predicted molar refractivity (Wildman–Crippen MR) is 120 cm³/mol. The maximum atomic E-state index is 11.9. The monoisotopic (exact) mass is 450 g/mol. The van der Waals surface area contributed by atoms with Crippen molar-refractivity contribution >= 4 is 12.1 Å². The van der Waals surface area contributed by atoms with Gasteiger partial charge in [0.15, 0.2) is 6.29 Å². The summed E-state index contributed by atoms with van der Waals surface area (Å²) in [5, 5.41) is 7.55. The highest BCUT2D eigenvalue weighted by Crippen LogP contribution is 2.27. The normalized spacial score (nSPS) is 20.4. The van der Waals surface area contributed by atoms with Crippen LogP contribution in [0.5, 0.6) is 5.75 Å². The Hall–Kier alpha value is -3.34. The van der Waals surface area contributed by atoms with E-state index in [1.807, 2.05) is 47.4 Å². The minimum Gasteiger partial charge on any atom is -0.468 e. The summed E-state index contributed by atoms with van der Waals surface area (Å²) in [5.74, 6) is 2.41. The van der Waals surface area contributed by atoms with Crippen molar-refractivity contribution in [2.24, 2.45) is 0 Å². The molecule has 0 bridgehead atoms. The maximum Gasteiger partial charge on any atom is 0.245 e. The van der Waals surface area contributed by atoms with Crippen LogP contribution in [-0.2, 0) is 9.53 Å². The van der Waals surface area contributed by atoms with Crippen molar-refractivity contribution in [2.75, 3.05) is 50.8 Å². The molecule has 0 aliphatic carbocycles. The molecule has 0 saturated carbocycles. The van der Waals surface area contributed by atoms with Crippen LogP contribution in [0.4, 0.5) is 5.82 Å². The summed E-state index contributed by atoms with van der Waals surface area (Å²) >= 11 is 0. The van der Waals surface area contributed by atoms with Gasteiger partial charge in [0.05, 0.1) is 13.2 Å². The highest BCUT2D eigenvalue weighted by atomic mass is 16.5. The smallest absolute Gasteiger partial charge is 0.245 e. The molecule has 2 atom stereocenters. The average Bonchev–Trinajstić information content (AvgIpc) is 3.39. The molecule has 1 N–H and O–H groups in total. The number of piperazine rings is 1. The van der Waals surface area contributed by atoms with Gasteiger partial charge in [-0.2, -0.15) is 4.98 Å². The Balaban J connectivity index is 1.36. The van der Waals surface area contributed by atoms with E-state index in [-0.39, 0.29) is 6.04 Å². The maximum absolute atomic E-state index is 11.9. The molecule has 172 valence electrons. The second-order valence-corrected chi connectivity index (χ2v) is 7.87. The van der Waals surface area contributed by atoms with Gasteiger partial charge in [0.25, 0.3) is 0 Å². The van der Waals surface area contributed by atoms with E-state index in [4.69, 9.17) is 14.0 Å². The minimum absolute atomic E-state index is 0.292. The molecule has 2 aliphatic rings. The van der Waals surface area contributed by atoms with Crippen LogP contribution < -0.4 is 15.0 Å². The van der Waals surface area contributed by atoms with Crippen LogP contribution in [0.1, 0.15) is 11.9 Å². The summed E-state index contributed by atoms with van der Waals surface area (Å²) in [4.78, 5) is 25.2.